The Hall–Kier alpha value is -2.91. The van der Waals surface area contributed by atoms with Crippen LogP contribution in [0.1, 0.15) is 5.56 Å². The van der Waals surface area contributed by atoms with E-state index in [0.29, 0.717) is 6.54 Å². The summed E-state index contributed by atoms with van der Waals surface area (Å²) in [5.41, 5.74) is 1.43. The van der Waals surface area contributed by atoms with Gasteiger partial charge in [0.05, 0.1) is 15.8 Å². The van der Waals surface area contributed by atoms with E-state index in [4.69, 9.17) is 0 Å². The number of para-hydroxylation sites is 1. The molecule has 0 bridgehead atoms. The molecule has 0 saturated carbocycles. The van der Waals surface area contributed by atoms with Crippen molar-refractivity contribution in [1.29, 1.82) is 0 Å². The predicted octanol–water partition coefficient (Wildman–Crippen LogP) is 0.557. The van der Waals surface area contributed by atoms with E-state index in [1.54, 1.807) is 0 Å². The molecule has 27 heavy (non-hydrogen) atoms. The highest BCUT2D eigenvalue weighted by molar-refractivity contribution is 7.89. The summed E-state index contributed by atoms with van der Waals surface area (Å²) in [6.07, 6.45) is 0.953. The van der Waals surface area contributed by atoms with Gasteiger partial charge < -0.3 is 9.88 Å². The van der Waals surface area contributed by atoms with Gasteiger partial charge in [0.1, 0.15) is 0 Å². The van der Waals surface area contributed by atoms with E-state index in [9.17, 15) is 18.0 Å². The molecule has 140 valence electrons. The molecule has 0 radical (unpaired) electrons. The molecule has 8 nitrogen and oxygen atoms in total. The minimum atomic E-state index is -3.77. The van der Waals surface area contributed by atoms with Crippen LogP contribution in [-0.4, -0.2) is 38.0 Å². The molecule has 0 saturated heterocycles. The summed E-state index contributed by atoms with van der Waals surface area (Å²) in [4.78, 5) is 29.9. The first kappa shape index (κ1) is 17.5. The standard InChI is InChI=1S/C18H18N4O4S/c23-17-14-11-13(5-6-15(14)20-18(24)21-17)27(25,26)19-8-10-22-9-7-12-3-1-2-4-16(12)22/h1-6,11,19H,7-10H2,(H2,20,21,23,24). The van der Waals surface area contributed by atoms with Crippen LogP contribution < -0.4 is 20.9 Å². The van der Waals surface area contributed by atoms with Gasteiger partial charge in [-0.25, -0.2) is 17.9 Å². The van der Waals surface area contributed by atoms with Crippen molar-refractivity contribution in [2.24, 2.45) is 0 Å². The van der Waals surface area contributed by atoms with E-state index in [0.717, 1.165) is 18.7 Å². The summed E-state index contributed by atoms with van der Waals surface area (Å²) in [7, 11) is -3.77. The number of nitrogens with one attached hydrogen (secondary N) is 3. The molecular weight excluding hydrogens is 368 g/mol. The number of aromatic amines is 2. The maximum Gasteiger partial charge on any atom is 0.326 e. The number of sulfonamides is 1. The lowest BCUT2D eigenvalue weighted by Gasteiger charge is -2.19. The molecule has 9 heteroatoms. The summed E-state index contributed by atoms with van der Waals surface area (Å²) in [6, 6.07) is 12.1. The molecule has 0 fully saturated rings. The number of benzene rings is 2. The van der Waals surface area contributed by atoms with Crippen LogP contribution >= 0.6 is 0 Å². The predicted molar refractivity (Wildman–Crippen MR) is 103 cm³/mol. The van der Waals surface area contributed by atoms with E-state index in [1.165, 1.54) is 23.8 Å². The van der Waals surface area contributed by atoms with Crippen LogP contribution in [0.4, 0.5) is 5.69 Å². The lowest BCUT2D eigenvalue weighted by molar-refractivity contribution is 0.581. The van der Waals surface area contributed by atoms with Crippen LogP contribution in [0.3, 0.4) is 0 Å². The first-order valence-corrected chi connectivity index (χ1v) is 10.0. The van der Waals surface area contributed by atoms with Gasteiger partial charge in [0.15, 0.2) is 0 Å². The van der Waals surface area contributed by atoms with Gasteiger partial charge in [0.25, 0.3) is 5.56 Å². The van der Waals surface area contributed by atoms with Gasteiger partial charge in [-0.2, -0.15) is 0 Å². The Morgan fingerprint density at radius 2 is 1.89 bits per heavy atom. The van der Waals surface area contributed by atoms with Crippen LogP contribution in [0.15, 0.2) is 56.9 Å². The molecule has 3 N–H and O–H groups in total. The molecule has 0 spiro atoms. The summed E-state index contributed by atoms with van der Waals surface area (Å²) >= 11 is 0. The zero-order chi connectivity index (χ0) is 19.0. The normalized spacial score (nSPS) is 13.9. The molecular formula is C18H18N4O4S. The van der Waals surface area contributed by atoms with Crippen molar-refractivity contribution >= 4 is 26.6 Å². The van der Waals surface area contributed by atoms with E-state index in [-0.39, 0.29) is 22.3 Å². The van der Waals surface area contributed by atoms with E-state index in [2.05, 4.69) is 25.7 Å². The third-order valence-electron chi connectivity index (χ3n) is 4.68. The average molecular weight is 386 g/mol. The minimum absolute atomic E-state index is 0.0191. The third kappa shape index (κ3) is 3.38. The average Bonchev–Trinajstić information content (AvgIpc) is 3.04. The SMILES string of the molecule is O=c1[nH]c(=O)c2cc(S(=O)(=O)NCCN3CCc4ccccc43)ccc2[nH]1. The Kier molecular flexibility index (Phi) is 4.33. The summed E-state index contributed by atoms with van der Waals surface area (Å²) in [6.45, 7) is 1.66. The largest absolute Gasteiger partial charge is 0.370 e. The van der Waals surface area contributed by atoms with Gasteiger partial charge in [-0.1, -0.05) is 18.2 Å². The topological polar surface area (TPSA) is 115 Å². The molecule has 3 aromatic rings. The molecule has 2 aromatic carbocycles. The second-order valence-corrected chi connectivity index (χ2v) is 8.15. The van der Waals surface area contributed by atoms with Crippen LogP contribution in [0.25, 0.3) is 10.9 Å². The Bertz CT molecular complexity index is 1230. The zero-order valence-electron chi connectivity index (χ0n) is 14.4. The molecule has 2 heterocycles. The monoisotopic (exact) mass is 386 g/mol. The maximum absolute atomic E-state index is 12.6. The second kappa shape index (κ2) is 6.67. The molecule has 1 aromatic heterocycles. The molecule has 1 aliphatic heterocycles. The van der Waals surface area contributed by atoms with Crippen LogP contribution in [-0.2, 0) is 16.4 Å². The molecule has 1 aliphatic rings. The lowest BCUT2D eigenvalue weighted by Crippen LogP contribution is -2.34. The van der Waals surface area contributed by atoms with Crippen molar-refractivity contribution in [2.75, 3.05) is 24.5 Å². The van der Waals surface area contributed by atoms with E-state index in [1.807, 2.05) is 18.2 Å². The Balaban J connectivity index is 1.50. The molecule has 0 aliphatic carbocycles. The van der Waals surface area contributed by atoms with Gasteiger partial charge >= 0.3 is 5.69 Å². The lowest BCUT2D eigenvalue weighted by atomic mass is 10.2. The maximum atomic E-state index is 12.6. The smallest absolute Gasteiger partial charge is 0.326 e. The Morgan fingerprint density at radius 1 is 1.07 bits per heavy atom. The fourth-order valence-corrected chi connectivity index (χ4v) is 4.40. The van der Waals surface area contributed by atoms with Gasteiger partial charge in [0, 0.05) is 25.3 Å². The minimum Gasteiger partial charge on any atom is -0.370 e. The van der Waals surface area contributed by atoms with Gasteiger partial charge in [-0.3, -0.25) is 9.78 Å². The second-order valence-electron chi connectivity index (χ2n) is 6.38. The van der Waals surface area contributed by atoms with Crippen molar-refractivity contribution in [3.05, 3.63) is 68.9 Å². The fourth-order valence-electron chi connectivity index (χ4n) is 3.35. The van der Waals surface area contributed by atoms with Crippen LogP contribution in [0, 0.1) is 0 Å². The number of H-pyrrole nitrogens is 2. The summed E-state index contributed by atoms with van der Waals surface area (Å²) in [5, 5.41) is 0.117. The number of aromatic nitrogens is 2. The van der Waals surface area contributed by atoms with Crippen molar-refractivity contribution < 1.29 is 8.42 Å². The van der Waals surface area contributed by atoms with Gasteiger partial charge in [-0.15, -0.1) is 0 Å². The van der Waals surface area contributed by atoms with Crippen molar-refractivity contribution in [3.63, 3.8) is 0 Å². The number of hydrogen-bond donors (Lipinski definition) is 3. The van der Waals surface area contributed by atoms with Gasteiger partial charge in [0.2, 0.25) is 10.0 Å². The van der Waals surface area contributed by atoms with Gasteiger partial charge in [-0.05, 0) is 36.2 Å². The third-order valence-corrected chi connectivity index (χ3v) is 6.14. The highest BCUT2D eigenvalue weighted by Gasteiger charge is 2.20. The van der Waals surface area contributed by atoms with Crippen LogP contribution in [0.5, 0.6) is 0 Å². The highest BCUT2D eigenvalue weighted by atomic mass is 32.2. The molecule has 4 rings (SSSR count). The van der Waals surface area contributed by atoms with Crippen molar-refractivity contribution in [1.82, 2.24) is 14.7 Å². The first-order chi connectivity index (χ1) is 12.9. The molecule has 0 unspecified atom stereocenters. The number of nitrogens with zero attached hydrogens (tertiary/aromatic N) is 1. The Morgan fingerprint density at radius 3 is 2.74 bits per heavy atom. The number of fused-ring (bicyclic) bond motifs is 2. The highest BCUT2D eigenvalue weighted by Crippen LogP contribution is 2.26. The fraction of sp³-hybridized carbons (Fsp3) is 0.222. The van der Waals surface area contributed by atoms with E-state index >= 15 is 0 Å². The van der Waals surface area contributed by atoms with Crippen molar-refractivity contribution in [2.45, 2.75) is 11.3 Å². The first-order valence-electron chi connectivity index (χ1n) is 8.53. The Labute approximate surface area is 154 Å². The molecule has 0 atom stereocenters. The summed E-state index contributed by atoms with van der Waals surface area (Å²) in [5.74, 6) is 0. The number of anilines is 1. The number of hydrogen-bond acceptors (Lipinski definition) is 5. The number of rotatable bonds is 5. The van der Waals surface area contributed by atoms with E-state index < -0.39 is 21.3 Å². The zero-order valence-corrected chi connectivity index (χ0v) is 15.2. The summed E-state index contributed by atoms with van der Waals surface area (Å²) < 4.78 is 27.7. The molecule has 0 amide bonds. The van der Waals surface area contributed by atoms with Crippen molar-refractivity contribution in [3.8, 4) is 0 Å². The quantitative estimate of drug-likeness (QED) is 0.593. The van der Waals surface area contributed by atoms with Crippen LogP contribution in [0.2, 0.25) is 0 Å².